The standard InChI is InChI=1S/C25H25ClN2O3/c26-23-12-10-22(11-13-23)25(30)27-15-14-24(29)28-16-19-6-8-21(9-7-19)18-31-17-20-4-2-1-3-5-20/h1-13H,14-18H2,(H,27,30)(H,28,29). The summed E-state index contributed by atoms with van der Waals surface area (Å²) in [6.45, 7) is 1.82. The summed E-state index contributed by atoms with van der Waals surface area (Å²) in [7, 11) is 0. The Morgan fingerprint density at radius 1 is 0.742 bits per heavy atom. The predicted molar refractivity (Wildman–Crippen MR) is 122 cm³/mol. The molecular weight excluding hydrogens is 412 g/mol. The first-order chi connectivity index (χ1) is 15.1. The second kappa shape index (κ2) is 11.9. The van der Waals surface area contributed by atoms with E-state index in [9.17, 15) is 9.59 Å². The highest BCUT2D eigenvalue weighted by molar-refractivity contribution is 6.30. The lowest BCUT2D eigenvalue weighted by Crippen LogP contribution is -2.30. The highest BCUT2D eigenvalue weighted by Gasteiger charge is 2.07. The smallest absolute Gasteiger partial charge is 0.251 e. The molecule has 0 unspecified atom stereocenters. The van der Waals surface area contributed by atoms with Gasteiger partial charge in [-0.05, 0) is 41.0 Å². The van der Waals surface area contributed by atoms with E-state index in [1.165, 1.54) is 0 Å². The van der Waals surface area contributed by atoms with Gasteiger partial charge < -0.3 is 15.4 Å². The second-order valence-corrected chi connectivity index (χ2v) is 7.52. The number of benzene rings is 3. The van der Waals surface area contributed by atoms with Gasteiger partial charge in [0.05, 0.1) is 13.2 Å². The number of ether oxygens (including phenoxy) is 1. The van der Waals surface area contributed by atoms with Crippen LogP contribution < -0.4 is 10.6 Å². The highest BCUT2D eigenvalue weighted by atomic mass is 35.5. The second-order valence-electron chi connectivity index (χ2n) is 7.08. The van der Waals surface area contributed by atoms with E-state index in [0.29, 0.717) is 30.3 Å². The molecular formula is C25H25ClN2O3. The van der Waals surface area contributed by atoms with Gasteiger partial charge in [0, 0.05) is 30.1 Å². The zero-order valence-electron chi connectivity index (χ0n) is 17.1. The van der Waals surface area contributed by atoms with Gasteiger partial charge in [-0.15, -0.1) is 0 Å². The van der Waals surface area contributed by atoms with Crippen molar-refractivity contribution < 1.29 is 14.3 Å². The van der Waals surface area contributed by atoms with Gasteiger partial charge in [-0.3, -0.25) is 9.59 Å². The van der Waals surface area contributed by atoms with Crippen molar-refractivity contribution in [1.29, 1.82) is 0 Å². The molecule has 2 amide bonds. The lowest BCUT2D eigenvalue weighted by molar-refractivity contribution is -0.121. The van der Waals surface area contributed by atoms with Gasteiger partial charge in [0.2, 0.25) is 5.91 Å². The van der Waals surface area contributed by atoms with E-state index >= 15 is 0 Å². The van der Waals surface area contributed by atoms with Gasteiger partial charge in [-0.25, -0.2) is 0 Å². The summed E-state index contributed by atoms with van der Waals surface area (Å²) in [5.41, 5.74) is 3.74. The maximum absolute atomic E-state index is 12.0. The molecule has 0 aliphatic heterocycles. The van der Waals surface area contributed by atoms with Gasteiger partial charge in [0.15, 0.2) is 0 Å². The Kier molecular flexibility index (Phi) is 8.64. The third-order valence-electron chi connectivity index (χ3n) is 4.64. The number of hydrogen-bond donors (Lipinski definition) is 2. The average molecular weight is 437 g/mol. The van der Waals surface area contributed by atoms with Crippen LogP contribution in [-0.2, 0) is 29.3 Å². The number of carbonyl (C=O) groups excluding carboxylic acids is 2. The summed E-state index contributed by atoms with van der Waals surface area (Å²) in [6.07, 6.45) is 0.213. The molecule has 0 spiro atoms. The topological polar surface area (TPSA) is 67.4 Å². The number of hydrogen-bond acceptors (Lipinski definition) is 3. The van der Waals surface area contributed by atoms with E-state index in [0.717, 1.165) is 16.7 Å². The van der Waals surface area contributed by atoms with Crippen LogP contribution in [0.1, 0.15) is 33.5 Å². The molecule has 6 heteroatoms. The third kappa shape index (κ3) is 7.89. The maximum atomic E-state index is 12.0. The Labute approximate surface area is 187 Å². The van der Waals surface area contributed by atoms with Gasteiger partial charge in [0.1, 0.15) is 0 Å². The third-order valence-corrected chi connectivity index (χ3v) is 4.89. The largest absolute Gasteiger partial charge is 0.372 e. The number of rotatable bonds is 10. The fourth-order valence-electron chi connectivity index (χ4n) is 2.90. The zero-order valence-corrected chi connectivity index (χ0v) is 17.9. The van der Waals surface area contributed by atoms with Crippen LogP contribution in [0.4, 0.5) is 0 Å². The van der Waals surface area contributed by atoms with Crippen LogP contribution in [0.2, 0.25) is 5.02 Å². The monoisotopic (exact) mass is 436 g/mol. The van der Waals surface area contributed by atoms with Crippen molar-refractivity contribution in [3.63, 3.8) is 0 Å². The normalized spacial score (nSPS) is 10.5. The predicted octanol–water partition coefficient (Wildman–Crippen LogP) is 4.49. The van der Waals surface area contributed by atoms with Crippen LogP contribution in [0.25, 0.3) is 0 Å². The van der Waals surface area contributed by atoms with Gasteiger partial charge >= 0.3 is 0 Å². The van der Waals surface area contributed by atoms with Gasteiger partial charge in [0.25, 0.3) is 5.91 Å². The fraction of sp³-hybridized carbons (Fsp3) is 0.200. The van der Waals surface area contributed by atoms with Crippen molar-refractivity contribution >= 4 is 23.4 Å². The molecule has 5 nitrogen and oxygen atoms in total. The van der Waals surface area contributed by atoms with E-state index in [2.05, 4.69) is 10.6 Å². The Hall–Kier alpha value is -3.15. The number of nitrogens with one attached hydrogen (secondary N) is 2. The maximum Gasteiger partial charge on any atom is 0.251 e. The zero-order chi connectivity index (χ0) is 21.9. The minimum absolute atomic E-state index is 0.119. The van der Waals surface area contributed by atoms with Crippen molar-refractivity contribution in [2.75, 3.05) is 6.54 Å². The minimum Gasteiger partial charge on any atom is -0.372 e. The SMILES string of the molecule is O=C(CCNC(=O)c1ccc(Cl)cc1)NCc1ccc(COCc2ccccc2)cc1. The molecule has 3 rings (SSSR count). The summed E-state index contributed by atoms with van der Waals surface area (Å²) >= 11 is 5.81. The van der Waals surface area contributed by atoms with Crippen LogP contribution in [0.3, 0.4) is 0 Å². The Balaban J connectivity index is 1.32. The quantitative estimate of drug-likeness (QED) is 0.492. The molecule has 0 saturated carbocycles. The van der Waals surface area contributed by atoms with E-state index in [1.54, 1.807) is 24.3 Å². The molecule has 0 heterocycles. The Bertz CT molecular complexity index is 974. The molecule has 3 aromatic rings. The lowest BCUT2D eigenvalue weighted by Gasteiger charge is -2.08. The first-order valence-electron chi connectivity index (χ1n) is 10.1. The first kappa shape index (κ1) is 22.5. The summed E-state index contributed by atoms with van der Waals surface area (Å²) < 4.78 is 5.73. The van der Waals surface area contributed by atoms with Crippen LogP contribution in [0.5, 0.6) is 0 Å². The average Bonchev–Trinajstić information content (AvgIpc) is 2.79. The van der Waals surface area contributed by atoms with Crippen molar-refractivity contribution in [3.05, 3.63) is 106 Å². The van der Waals surface area contributed by atoms with Crippen molar-refractivity contribution in [3.8, 4) is 0 Å². The van der Waals surface area contributed by atoms with Crippen molar-refractivity contribution in [2.45, 2.75) is 26.2 Å². The summed E-state index contributed by atoms with van der Waals surface area (Å²) in [4.78, 5) is 24.0. The molecule has 0 aliphatic carbocycles. The molecule has 0 saturated heterocycles. The number of amides is 2. The van der Waals surface area contributed by atoms with Gasteiger partial charge in [-0.1, -0.05) is 66.2 Å². The van der Waals surface area contributed by atoms with Crippen molar-refractivity contribution in [1.82, 2.24) is 10.6 Å². The molecule has 2 N–H and O–H groups in total. The molecule has 0 bridgehead atoms. The Morgan fingerprint density at radius 3 is 2.03 bits per heavy atom. The molecule has 0 radical (unpaired) electrons. The fourth-order valence-corrected chi connectivity index (χ4v) is 3.02. The first-order valence-corrected chi connectivity index (χ1v) is 10.5. The van der Waals surface area contributed by atoms with Crippen LogP contribution in [-0.4, -0.2) is 18.4 Å². The minimum atomic E-state index is -0.227. The van der Waals surface area contributed by atoms with E-state index in [1.807, 2.05) is 54.6 Å². The summed E-state index contributed by atoms with van der Waals surface area (Å²) in [5.74, 6) is -0.346. The molecule has 0 fully saturated rings. The van der Waals surface area contributed by atoms with E-state index in [-0.39, 0.29) is 24.8 Å². The lowest BCUT2D eigenvalue weighted by atomic mass is 10.1. The highest BCUT2D eigenvalue weighted by Crippen LogP contribution is 2.10. The van der Waals surface area contributed by atoms with Gasteiger partial charge in [-0.2, -0.15) is 0 Å². The molecule has 31 heavy (non-hydrogen) atoms. The van der Waals surface area contributed by atoms with Crippen molar-refractivity contribution in [2.24, 2.45) is 0 Å². The molecule has 0 atom stereocenters. The van der Waals surface area contributed by atoms with Crippen LogP contribution in [0, 0.1) is 0 Å². The Morgan fingerprint density at radius 2 is 1.35 bits per heavy atom. The summed E-state index contributed by atoms with van der Waals surface area (Å²) in [5, 5.41) is 6.17. The molecule has 0 aliphatic rings. The number of halogens is 1. The number of carbonyl (C=O) groups is 2. The molecule has 0 aromatic heterocycles. The van der Waals surface area contributed by atoms with Crippen LogP contribution >= 0.6 is 11.6 Å². The molecule has 160 valence electrons. The van der Waals surface area contributed by atoms with E-state index < -0.39 is 0 Å². The molecule has 3 aromatic carbocycles. The summed E-state index contributed by atoms with van der Waals surface area (Å²) in [6, 6.07) is 24.6. The van der Waals surface area contributed by atoms with Crippen LogP contribution in [0.15, 0.2) is 78.9 Å². The van der Waals surface area contributed by atoms with E-state index in [4.69, 9.17) is 16.3 Å².